The Morgan fingerprint density at radius 3 is 2.43 bits per heavy atom. The van der Waals surface area contributed by atoms with E-state index >= 15 is 0 Å². The molecule has 0 saturated heterocycles. The number of rotatable bonds is 3. The van der Waals surface area contributed by atoms with E-state index in [0.29, 0.717) is 17.5 Å². The van der Waals surface area contributed by atoms with E-state index in [-0.39, 0.29) is 5.78 Å². The summed E-state index contributed by atoms with van der Waals surface area (Å²) in [6, 6.07) is 4.94. The van der Waals surface area contributed by atoms with Crippen molar-refractivity contribution in [3.8, 4) is 0 Å². The summed E-state index contributed by atoms with van der Waals surface area (Å²) < 4.78 is 0. The smallest absolute Gasteiger partial charge is 0.248 e. The van der Waals surface area contributed by atoms with Crippen LogP contribution in [0.1, 0.15) is 39.6 Å². The minimum Gasteiger partial charge on any atom is -0.366 e. The lowest BCUT2D eigenvalue weighted by Crippen LogP contribution is -2.13. The molecule has 0 radical (unpaired) electrons. The molecule has 0 fully saturated rings. The third-order valence-electron chi connectivity index (χ3n) is 2.13. The summed E-state index contributed by atoms with van der Waals surface area (Å²) in [5.74, 6) is -0.387. The van der Waals surface area contributed by atoms with Gasteiger partial charge < -0.3 is 5.73 Å². The minimum atomic E-state index is -0.460. The van der Waals surface area contributed by atoms with Crippen LogP contribution in [0.15, 0.2) is 18.2 Å². The maximum absolute atomic E-state index is 11.3. The molecule has 0 spiro atoms. The summed E-state index contributed by atoms with van der Waals surface area (Å²) in [7, 11) is 0. The van der Waals surface area contributed by atoms with Crippen molar-refractivity contribution >= 4 is 11.7 Å². The second-order valence-corrected chi connectivity index (χ2v) is 3.17. The molecule has 0 bridgehead atoms. The van der Waals surface area contributed by atoms with Gasteiger partial charge >= 0.3 is 0 Å². The van der Waals surface area contributed by atoms with Gasteiger partial charge in [0, 0.05) is 17.5 Å². The Morgan fingerprint density at radius 1 is 1.36 bits per heavy atom. The molecule has 0 aliphatic carbocycles. The van der Waals surface area contributed by atoms with E-state index in [1.54, 1.807) is 32.0 Å². The molecular formula is C11H13NO2. The van der Waals surface area contributed by atoms with E-state index in [2.05, 4.69) is 0 Å². The molecule has 2 N–H and O–H groups in total. The van der Waals surface area contributed by atoms with Crippen molar-refractivity contribution in [1.29, 1.82) is 0 Å². The van der Waals surface area contributed by atoms with E-state index in [4.69, 9.17) is 5.73 Å². The van der Waals surface area contributed by atoms with Crippen LogP contribution in [0.2, 0.25) is 0 Å². The van der Waals surface area contributed by atoms with Crippen LogP contribution in [-0.2, 0) is 0 Å². The molecule has 1 rings (SSSR count). The zero-order valence-corrected chi connectivity index (χ0v) is 8.33. The third-order valence-corrected chi connectivity index (χ3v) is 2.13. The Kier molecular flexibility index (Phi) is 3.02. The van der Waals surface area contributed by atoms with E-state index in [1.165, 1.54) is 0 Å². The van der Waals surface area contributed by atoms with Crippen LogP contribution in [0, 0.1) is 6.92 Å². The van der Waals surface area contributed by atoms with Gasteiger partial charge in [0.25, 0.3) is 0 Å². The molecule has 1 aromatic rings. The Balaban J connectivity index is 3.12. The highest BCUT2D eigenvalue weighted by Gasteiger charge is 2.08. The molecule has 0 aliphatic heterocycles. The summed E-state index contributed by atoms with van der Waals surface area (Å²) in [4.78, 5) is 22.2. The number of Topliss-reactive ketones (excluding diaryl/α,β-unsaturated/α-hetero) is 1. The van der Waals surface area contributed by atoms with Gasteiger partial charge in [-0.3, -0.25) is 9.59 Å². The van der Waals surface area contributed by atoms with Crippen LogP contribution < -0.4 is 5.73 Å². The van der Waals surface area contributed by atoms with E-state index in [1.807, 2.05) is 0 Å². The number of aryl methyl sites for hydroxylation is 1. The van der Waals surface area contributed by atoms with Crippen LogP contribution >= 0.6 is 0 Å². The molecule has 0 saturated carbocycles. The highest BCUT2D eigenvalue weighted by atomic mass is 16.1. The van der Waals surface area contributed by atoms with E-state index < -0.39 is 5.91 Å². The summed E-state index contributed by atoms with van der Waals surface area (Å²) in [5, 5.41) is 0. The Bertz CT molecular complexity index is 383. The molecule has 74 valence electrons. The second-order valence-electron chi connectivity index (χ2n) is 3.17. The van der Waals surface area contributed by atoms with Crippen molar-refractivity contribution in [3.05, 3.63) is 34.9 Å². The lowest BCUT2D eigenvalue weighted by molar-refractivity contribution is 0.0980. The van der Waals surface area contributed by atoms with Crippen molar-refractivity contribution in [2.45, 2.75) is 20.3 Å². The first-order chi connectivity index (χ1) is 6.56. The average Bonchev–Trinajstić information content (AvgIpc) is 2.15. The summed E-state index contributed by atoms with van der Waals surface area (Å²) >= 11 is 0. The molecule has 0 aliphatic rings. The fourth-order valence-corrected chi connectivity index (χ4v) is 1.32. The van der Waals surface area contributed by atoms with Gasteiger partial charge in [0.1, 0.15) is 0 Å². The number of ketones is 1. The molecule has 1 amide bonds. The Morgan fingerprint density at radius 2 is 2.00 bits per heavy atom. The third kappa shape index (κ3) is 1.99. The van der Waals surface area contributed by atoms with Gasteiger partial charge in [0.05, 0.1) is 0 Å². The van der Waals surface area contributed by atoms with Crippen molar-refractivity contribution in [2.75, 3.05) is 0 Å². The molecule has 3 heteroatoms. The molecule has 3 nitrogen and oxygen atoms in total. The normalized spacial score (nSPS) is 9.86. The van der Waals surface area contributed by atoms with Crippen molar-refractivity contribution < 1.29 is 9.59 Å². The Hall–Kier alpha value is -1.64. The standard InChI is InChI=1S/C11H13NO2/c1-3-10(13)8-4-5-9(11(12)14)7(2)6-8/h4-6H,3H2,1-2H3,(H2,12,14). The topological polar surface area (TPSA) is 60.2 Å². The van der Waals surface area contributed by atoms with Gasteiger partial charge in [0.2, 0.25) is 5.91 Å². The largest absolute Gasteiger partial charge is 0.366 e. The molecule has 0 heterocycles. The minimum absolute atomic E-state index is 0.0733. The monoisotopic (exact) mass is 191 g/mol. The van der Waals surface area contributed by atoms with E-state index in [0.717, 1.165) is 5.56 Å². The molecule has 14 heavy (non-hydrogen) atoms. The second kappa shape index (κ2) is 4.05. The van der Waals surface area contributed by atoms with Crippen molar-refractivity contribution in [1.82, 2.24) is 0 Å². The number of hydrogen-bond acceptors (Lipinski definition) is 2. The van der Waals surface area contributed by atoms with Crippen molar-refractivity contribution in [2.24, 2.45) is 5.73 Å². The van der Waals surface area contributed by atoms with Gasteiger partial charge in [-0.2, -0.15) is 0 Å². The highest BCUT2D eigenvalue weighted by molar-refractivity contribution is 5.99. The summed E-state index contributed by atoms with van der Waals surface area (Å²) in [6.07, 6.45) is 0.468. The fourth-order valence-electron chi connectivity index (χ4n) is 1.32. The van der Waals surface area contributed by atoms with Crippen LogP contribution in [-0.4, -0.2) is 11.7 Å². The molecular weight excluding hydrogens is 178 g/mol. The van der Waals surface area contributed by atoms with Gasteiger partial charge in [-0.25, -0.2) is 0 Å². The first-order valence-corrected chi connectivity index (χ1v) is 4.50. The SMILES string of the molecule is CCC(=O)c1ccc(C(N)=O)c(C)c1. The van der Waals surface area contributed by atoms with Crippen LogP contribution in [0.3, 0.4) is 0 Å². The predicted octanol–water partition coefficient (Wildman–Crippen LogP) is 1.69. The number of carbonyl (C=O) groups is 2. The van der Waals surface area contributed by atoms with Crippen LogP contribution in [0.5, 0.6) is 0 Å². The number of primary amides is 1. The predicted molar refractivity (Wildman–Crippen MR) is 54.3 cm³/mol. The number of amides is 1. The van der Waals surface area contributed by atoms with E-state index in [9.17, 15) is 9.59 Å². The molecule has 0 atom stereocenters. The molecule has 1 aromatic carbocycles. The lowest BCUT2D eigenvalue weighted by Gasteiger charge is -2.03. The maximum atomic E-state index is 11.3. The van der Waals surface area contributed by atoms with Crippen LogP contribution in [0.4, 0.5) is 0 Å². The van der Waals surface area contributed by atoms with Crippen molar-refractivity contribution in [3.63, 3.8) is 0 Å². The lowest BCUT2D eigenvalue weighted by atomic mass is 10.0. The summed E-state index contributed by atoms with van der Waals surface area (Å²) in [5.41, 5.74) is 7.00. The average molecular weight is 191 g/mol. The Labute approximate surface area is 82.9 Å². The first-order valence-electron chi connectivity index (χ1n) is 4.50. The number of nitrogens with two attached hydrogens (primary N) is 1. The number of carbonyl (C=O) groups excluding carboxylic acids is 2. The molecule has 0 unspecified atom stereocenters. The quantitative estimate of drug-likeness (QED) is 0.739. The summed E-state index contributed by atoms with van der Waals surface area (Å²) in [6.45, 7) is 3.58. The maximum Gasteiger partial charge on any atom is 0.248 e. The van der Waals surface area contributed by atoms with Gasteiger partial charge in [-0.05, 0) is 24.6 Å². The first kappa shape index (κ1) is 10.4. The van der Waals surface area contributed by atoms with Gasteiger partial charge in [-0.15, -0.1) is 0 Å². The zero-order valence-electron chi connectivity index (χ0n) is 8.33. The van der Waals surface area contributed by atoms with Gasteiger partial charge in [-0.1, -0.05) is 13.0 Å². The molecule has 0 aromatic heterocycles. The fraction of sp³-hybridized carbons (Fsp3) is 0.273. The number of benzene rings is 1. The number of hydrogen-bond donors (Lipinski definition) is 1. The van der Waals surface area contributed by atoms with Gasteiger partial charge in [0.15, 0.2) is 5.78 Å². The van der Waals surface area contributed by atoms with Crippen LogP contribution in [0.25, 0.3) is 0 Å². The highest BCUT2D eigenvalue weighted by Crippen LogP contribution is 2.12. The zero-order chi connectivity index (χ0) is 10.7.